The minimum Gasteiger partial charge on any atom is -0.489 e. The number of benzene rings is 2. The summed E-state index contributed by atoms with van der Waals surface area (Å²) < 4.78 is 5.92. The van der Waals surface area contributed by atoms with Gasteiger partial charge in [0.15, 0.2) is 0 Å². The summed E-state index contributed by atoms with van der Waals surface area (Å²) >= 11 is 0. The van der Waals surface area contributed by atoms with Crippen molar-refractivity contribution < 1.29 is 9.53 Å². The van der Waals surface area contributed by atoms with Gasteiger partial charge >= 0.3 is 0 Å². The normalized spacial score (nSPS) is 24.2. The van der Waals surface area contributed by atoms with Crippen LogP contribution in [0, 0.1) is 5.92 Å². The number of piperazine rings is 1. The molecule has 2 fully saturated rings. The van der Waals surface area contributed by atoms with Gasteiger partial charge in [-0.05, 0) is 54.3 Å². The molecule has 2 saturated heterocycles. The van der Waals surface area contributed by atoms with Crippen molar-refractivity contribution in [1.82, 2.24) is 15.8 Å². The quantitative estimate of drug-likeness (QED) is 0.784. The average molecular weight is 427 g/mol. The number of fused-ring (bicyclic) bond motifs is 4. The van der Waals surface area contributed by atoms with Crippen LogP contribution in [-0.2, 0) is 11.4 Å². The van der Waals surface area contributed by atoms with Crippen LogP contribution in [-0.4, -0.2) is 30.0 Å². The number of rotatable bonds is 4. The number of carbonyl (C=O) groups is 1. The van der Waals surface area contributed by atoms with Gasteiger partial charge in [0.2, 0.25) is 5.91 Å². The molecule has 4 aliphatic rings. The van der Waals surface area contributed by atoms with Crippen LogP contribution in [0.1, 0.15) is 18.4 Å². The molecule has 0 radical (unpaired) electrons. The largest absolute Gasteiger partial charge is 0.489 e. The molecule has 0 bridgehead atoms. The molecule has 1 amide bonds. The molecule has 2 atom stereocenters. The predicted octanol–water partition coefficient (Wildman–Crippen LogP) is 3.47. The fourth-order valence-corrected chi connectivity index (χ4v) is 5.10. The Kier molecular flexibility index (Phi) is 4.72. The van der Waals surface area contributed by atoms with Gasteiger partial charge in [-0.2, -0.15) is 0 Å². The molecule has 32 heavy (non-hydrogen) atoms. The molecular formula is C26H26N4O2. The zero-order valence-corrected chi connectivity index (χ0v) is 17.8. The van der Waals surface area contributed by atoms with Crippen molar-refractivity contribution in [1.29, 1.82) is 0 Å². The molecule has 2 aromatic carbocycles. The zero-order valence-electron chi connectivity index (χ0n) is 17.8. The lowest BCUT2D eigenvalue weighted by atomic mass is 9.80. The molecule has 6 nitrogen and oxygen atoms in total. The molecular weight excluding hydrogens is 400 g/mol. The van der Waals surface area contributed by atoms with Gasteiger partial charge < -0.3 is 20.4 Å². The van der Waals surface area contributed by atoms with Gasteiger partial charge in [0.05, 0.1) is 0 Å². The Labute approximate surface area is 187 Å². The van der Waals surface area contributed by atoms with E-state index in [1.54, 1.807) is 0 Å². The van der Waals surface area contributed by atoms with Gasteiger partial charge in [-0.1, -0.05) is 30.3 Å². The SMILES string of the molecule is O=C1NCCN2NC3=C4C=CN(c5ccc(OCc6ccccc6)cc5)C=C4CCC3C12. The van der Waals surface area contributed by atoms with E-state index in [4.69, 9.17) is 4.74 Å². The number of amides is 1. The summed E-state index contributed by atoms with van der Waals surface area (Å²) in [4.78, 5) is 14.6. The summed E-state index contributed by atoms with van der Waals surface area (Å²) in [5.41, 5.74) is 9.55. The third-order valence-electron chi connectivity index (χ3n) is 6.71. The molecule has 3 heterocycles. The van der Waals surface area contributed by atoms with Crippen molar-refractivity contribution in [3.05, 3.63) is 95.5 Å². The van der Waals surface area contributed by atoms with Gasteiger partial charge in [-0.25, -0.2) is 5.01 Å². The van der Waals surface area contributed by atoms with Gasteiger partial charge in [0.25, 0.3) is 0 Å². The van der Waals surface area contributed by atoms with Crippen LogP contribution in [0.2, 0.25) is 0 Å². The van der Waals surface area contributed by atoms with Gasteiger partial charge in [0, 0.05) is 48.4 Å². The summed E-state index contributed by atoms with van der Waals surface area (Å²) in [6, 6.07) is 18.3. The van der Waals surface area contributed by atoms with Crippen LogP contribution < -0.4 is 20.4 Å². The number of hydrogen-bond acceptors (Lipinski definition) is 5. The minimum absolute atomic E-state index is 0.0809. The van der Waals surface area contributed by atoms with Crippen molar-refractivity contribution in [2.24, 2.45) is 5.92 Å². The van der Waals surface area contributed by atoms with Crippen LogP contribution >= 0.6 is 0 Å². The lowest BCUT2D eigenvalue weighted by Crippen LogP contribution is -2.56. The van der Waals surface area contributed by atoms with Crippen molar-refractivity contribution in [3.8, 4) is 5.75 Å². The summed E-state index contributed by atoms with van der Waals surface area (Å²) in [5.74, 6) is 1.26. The van der Waals surface area contributed by atoms with E-state index in [0.29, 0.717) is 13.2 Å². The van der Waals surface area contributed by atoms with Gasteiger partial charge in [-0.3, -0.25) is 4.79 Å². The zero-order chi connectivity index (χ0) is 21.5. The molecule has 6 rings (SSSR count). The maximum atomic E-state index is 12.4. The van der Waals surface area contributed by atoms with Crippen molar-refractivity contribution >= 4 is 11.6 Å². The standard InChI is InChI=1S/C26H26N4O2/c31-26-25-23-11-6-19-16-29(14-12-22(19)24(23)28-30(25)15-13-27-26)20-7-9-21(10-8-20)32-17-18-4-2-1-3-5-18/h1-5,7-10,12,14,16,23,25,28H,6,11,13,15,17H2,(H,27,31). The molecule has 1 aliphatic carbocycles. The first-order valence-electron chi connectivity index (χ1n) is 11.3. The number of nitrogens with one attached hydrogen (secondary N) is 2. The fraction of sp³-hybridized carbons (Fsp3) is 0.269. The topological polar surface area (TPSA) is 56.8 Å². The number of ether oxygens (including phenoxy) is 1. The fourth-order valence-electron chi connectivity index (χ4n) is 5.10. The Morgan fingerprint density at radius 1 is 1.06 bits per heavy atom. The number of carbonyl (C=O) groups excluding carboxylic acids is 1. The second kappa shape index (κ2) is 7.88. The molecule has 6 heteroatoms. The third-order valence-corrected chi connectivity index (χ3v) is 6.71. The van der Waals surface area contributed by atoms with Crippen LogP contribution in [0.25, 0.3) is 0 Å². The highest BCUT2D eigenvalue weighted by molar-refractivity contribution is 5.84. The molecule has 2 aromatic rings. The van der Waals surface area contributed by atoms with E-state index in [1.165, 1.54) is 16.8 Å². The minimum atomic E-state index is -0.0809. The molecule has 0 aromatic heterocycles. The lowest BCUT2D eigenvalue weighted by molar-refractivity contribution is -0.129. The Hall–Kier alpha value is -3.51. The van der Waals surface area contributed by atoms with Gasteiger partial charge in [0.1, 0.15) is 18.4 Å². The second-order valence-electron chi connectivity index (χ2n) is 8.66. The number of hydrazine groups is 1. The maximum absolute atomic E-state index is 12.4. The van der Waals surface area contributed by atoms with E-state index in [9.17, 15) is 4.79 Å². The summed E-state index contributed by atoms with van der Waals surface area (Å²) in [7, 11) is 0. The molecule has 162 valence electrons. The first-order valence-corrected chi connectivity index (χ1v) is 11.3. The van der Waals surface area contributed by atoms with E-state index in [2.05, 4.69) is 63.4 Å². The highest BCUT2D eigenvalue weighted by atomic mass is 16.5. The van der Waals surface area contributed by atoms with Crippen LogP contribution in [0.4, 0.5) is 5.69 Å². The first kappa shape index (κ1) is 19.2. The molecule has 2 unspecified atom stereocenters. The van der Waals surface area contributed by atoms with Crippen LogP contribution in [0.5, 0.6) is 5.75 Å². The molecule has 3 aliphatic heterocycles. The predicted molar refractivity (Wildman–Crippen MR) is 123 cm³/mol. The number of allylic oxidation sites excluding steroid dienone is 3. The van der Waals surface area contributed by atoms with Crippen LogP contribution in [0.15, 0.2) is 89.9 Å². The number of hydrogen-bond donors (Lipinski definition) is 2. The smallest absolute Gasteiger partial charge is 0.239 e. The monoisotopic (exact) mass is 426 g/mol. The Bertz CT molecular complexity index is 1120. The van der Waals surface area contributed by atoms with E-state index in [-0.39, 0.29) is 17.9 Å². The average Bonchev–Trinajstić information content (AvgIpc) is 3.24. The number of nitrogens with zero attached hydrogens (tertiary/aromatic N) is 2. The Morgan fingerprint density at radius 2 is 1.91 bits per heavy atom. The van der Waals surface area contributed by atoms with E-state index in [1.807, 2.05) is 30.3 Å². The molecule has 0 saturated carbocycles. The Morgan fingerprint density at radius 3 is 2.75 bits per heavy atom. The summed E-state index contributed by atoms with van der Waals surface area (Å²) in [5, 5.41) is 5.13. The van der Waals surface area contributed by atoms with E-state index in [0.717, 1.165) is 36.4 Å². The molecule has 2 N–H and O–H groups in total. The van der Waals surface area contributed by atoms with E-state index < -0.39 is 0 Å². The summed E-state index contributed by atoms with van der Waals surface area (Å²) in [6.07, 6.45) is 8.46. The number of anilines is 1. The lowest BCUT2D eigenvalue weighted by Gasteiger charge is -2.31. The maximum Gasteiger partial charge on any atom is 0.239 e. The third kappa shape index (κ3) is 3.37. The first-order chi connectivity index (χ1) is 15.8. The highest BCUT2D eigenvalue weighted by Crippen LogP contribution is 2.42. The Balaban J connectivity index is 1.18. The van der Waals surface area contributed by atoms with Crippen molar-refractivity contribution in [3.63, 3.8) is 0 Å². The van der Waals surface area contributed by atoms with Crippen molar-refractivity contribution in [2.75, 3.05) is 18.0 Å². The van der Waals surface area contributed by atoms with Crippen molar-refractivity contribution in [2.45, 2.75) is 25.5 Å². The van der Waals surface area contributed by atoms with E-state index >= 15 is 0 Å². The van der Waals surface area contributed by atoms with Gasteiger partial charge in [-0.15, -0.1) is 0 Å². The highest BCUT2D eigenvalue weighted by Gasteiger charge is 2.47. The molecule has 0 spiro atoms. The second-order valence-corrected chi connectivity index (χ2v) is 8.66. The van der Waals surface area contributed by atoms with Crippen LogP contribution in [0.3, 0.4) is 0 Å². The summed E-state index contributed by atoms with van der Waals surface area (Å²) in [6.45, 7) is 2.11.